The Balaban J connectivity index is 1.45. The summed E-state index contributed by atoms with van der Waals surface area (Å²) in [5, 5.41) is 10.7. The van der Waals surface area contributed by atoms with E-state index in [1.807, 2.05) is 17.0 Å². The average Bonchev–Trinajstić information content (AvgIpc) is 2.74. The number of nitrogens with zero attached hydrogens (tertiary/aromatic N) is 4. The smallest absolute Gasteiger partial charge is 0.257 e. The van der Waals surface area contributed by atoms with Crippen LogP contribution in [0.4, 0.5) is 5.95 Å². The number of phenols is 1. The van der Waals surface area contributed by atoms with Crippen LogP contribution in [-0.4, -0.2) is 52.1 Å². The standard InChI is InChI=1S/C22H28N4O2/c1-15(2)19-9-10-23-22(24-19)26-13-11-25(12-14-26)21(28)18-8-7-16-5-3-4-6-17(16)20(18)27/h7-10,15,27H,3-6,11-14H2,1-2H3. The minimum absolute atomic E-state index is 0.0811. The van der Waals surface area contributed by atoms with Gasteiger partial charge in [0.15, 0.2) is 0 Å². The largest absolute Gasteiger partial charge is 0.507 e. The van der Waals surface area contributed by atoms with Crippen molar-refractivity contribution < 1.29 is 9.90 Å². The topological polar surface area (TPSA) is 69.6 Å². The van der Waals surface area contributed by atoms with Crippen LogP contribution in [0.25, 0.3) is 0 Å². The Labute approximate surface area is 166 Å². The van der Waals surface area contributed by atoms with E-state index < -0.39 is 0 Å². The van der Waals surface area contributed by atoms with Gasteiger partial charge in [0, 0.05) is 38.1 Å². The predicted molar refractivity (Wildman–Crippen MR) is 109 cm³/mol. The van der Waals surface area contributed by atoms with Gasteiger partial charge in [-0.25, -0.2) is 9.97 Å². The van der Waals surface area contributed by atoms with Crippen molar-refractivity contribution in [3.63, 3.8) is 0 Å². The van der Waals surface area contributed by atoms with Crippen LogP contribution in [0.15, 0.2) is 24.4 Å². The summed E-state index contributed by atoms with van der Waals surface area (Å²) >= 11 is 0. The molecule has 6 heteroatoms. The van der Waals surface area contributed by atoms with Gasteiger partial charge in [-0.05, 0) is 54.9 Å². The third-order valence-corrected chi connectivity index (χ3v) is 5.84. The maximum atomic E-state index is 13.0. The summed E-state index contributed by atoms with van der Waals surface area (Å²) < 4.78 is 0. The Kier molecular flexibility index (Phi) is 5.20. The van der Waals surface area contributed by atoms with Gasteiger partial charge in [-0.2, -0.15) is 0 Å². The van der Waals surface area contributed by atoms with Crippen LogP contribution in [0, 0.1) is 0 Å². The second-order valence-electron chi connectivity index (χ2n) is 8.02. The van der Waals surface area contributed by atoms with Gasteiger partial charge in [-0.15, -0.1) is 0 Å². The molecule has 1 saturated heterocycles. The molecule has 1 aromatic heterocycles. The Hall–Kier alpha value is -2.63. The molecule has 1 aliphatic heterocycles. The molecule has 148 valence electrons. The Morgan fingerprint density at radius 1 is 1.07 bits per heavy atom. The number of fused-ring (bicyclic) bond motifs is 1. The van der Waals surface area contributed by atoms with Gasteiger partial charge in [0.25, 0.3) is 5.91 Å². The number of phenolic OH excluding ortho intramolecular Hbond substituents is 1. The molecular formula is C22H28N4O2. The quantitative estimate of drug-likeness (QED) is 0.886. The third kappa shape index (κ3) is 3.55. The van der Waals surface area contributed by atoms with Crippen molar-refractivity contribution in [3.05, 3.63) is 46.8 Å². The van der Waals surface area contributed by atoms with Crippen molar-refractivity contribution in [1.82, 2.24) is 14.9 Å². The van der Waals surface area contributed by atoms with Crippen molar-refractivity contribution >= 4 is 11.9 Å². The maximum absolute atomic E-state index is 13.0. The second-order valence-corrected chi connectivity index (χ2v) is 8.02. The monoisotopic (exact) mass is 380 g/mol. The van der Waals surface area contributed by atoms with E-state index in [1.54, 1.807) is 12.3 Å². The highest BCUT2D eigenvalue weighted by Crippen LogP contribution is 2.32. The molecule has 1 aliphatic carbocycles. The van der Waals surface area contributed by atoms with Crippen LogP contribution in [0.3, 0.4) is 0 Å². The lowest BCUT2D eigenvalue weighted by Gasteiger charge is -2.35. The summed E-state index contributed by atoms with van der Waals surface area (Å²) in [6.45, 7) is 6.83. The van der Waals surface area contributed by atoms with Crippen LogP contribution in [0.1, 0.15) is 59.8 Å². The Morgan fingerprint density at radius 3 is 2.57 bits per heavy atom. The highest BCUT2D eigenvalue weighted by molar-refractivity contribution is 5.97. The lowest BCUT2D eigenvalue weighted by Crippen LogP contribution is -2.49. The van der Waals surface area contributed by atoms with E-state index in [4.69, 9.17) is 0 Å². The van der Waals surface area contributed by atoms with Gasteiger partial charge in [0.05, 0.1) is 5.56 Å². The summed E-state index contributed by atoms with van der Waals surface area (Å²) in [5.41, 5.74) is 3.62. The summed E-state index contributed by atoms with van der Waals surface area (Å²) in [7, 11) is 0. The highest BCUT2D eigenvalue weighted by Gasteiger charge is 2.27. The molecule has 1 amide bonds. The Morgan fingerprint density at radius 2 is 1.82 bits per heavy atom. The van der Waals surface area contributed by atoms with E-state index in [9.17, 15) is 9.90 Å². The number of aromatic hydroxyl groups is 1. The molecule has 0 atom stereocenters. The van der Waals surface area contributed by atoms with E-state index >= 15 is 0 Å². The molecule has 0 spiro atoms. The number of hydrogen-bond acceptors (Lipinski definition) is 5. The lowest BCUT2D eigenvalue weighted by molar-refractivity contribution is 0.0743. The normalized spacial score (nSPS) is 17.0. The molecule has 1 fully saturated rings. The average molecular weight is 380 g/mol. The van der Waals surface area contributed by atoms with Crippen molar-refractivity contribution in [3.8, 4) is 5.75 Å². The van der Waals surface area contributed by atoms with E-state index in [-0.39, 0.29) is 11.7 Å². The van der Waals surface area contributed by atoms with Crippen LogP contribution in [-0.2, 0) is 12.8 Å². The molecule has 2 aliphatic rings. The van der Waals surface area contributed by atoms with Crippen LogP contribution in [0.5, 0.6) is 5.75 Å². The molecule has 2 aromatic rings. The second kappa shape index (κ2) is 7.78. The summed E-state index contributed by atoms with van der Waals surface area (Å²) in [6.07, 6.45) is 5.89. The highest BCUT2D eigenvalue weighted by atomic mass is 16.3. The van der Waals surface area contributed by atoms with Gasteiger partial charge in [0.2, 0.25) is 5.95 Å². The van der Waals surface area contributed by atoms with Gasteiger partial charge >= 0.3 is 0 Å². The first kappa shape index (κ1) is 18.7. The van der Waals surface area contributed by atoms with E-state index in [1.165, 1.54) is 5.56 Å². The van der Waals surface area contributed by atoms with Crippen molar-refractivity contribution in [2.24, 2.45) is 0 Å². The maximum Gasteiger partial charge on any atom is 0.257 e. The third-order valence-electron chi connectivity index (χ3n) is 5.84. The first-order valence-electron chi connectivity index (χ1n) is 10.3. The van der Waals surface area contributed by atoms with E-state index in [0.717, 1.165) is 42.9 Å². The number of rotatable bonds is 3. The lowest BCUT2D eigenvalue weighted by atomic mass is 9.89. The molecular weight excluding hydrogens is 352 g/mol. The predicted octanol–water partition coefficient (Wildman–Crippen LogP) is 3.15. The van der Waals surface area contributed by atoms with Gasteiger partial charge in [-0.1, -0.05) is 19.9 Å². The summed E-state index contributed by atoms with van der Waals surface area (Å²) in [4.78, 5) is 26.0. The molecule has 6 nitrogen and oxygen atoms in total. The van der Waals surface area contributed by atoms with Crippen LogP contribution in [0.2, 0.25) is 0 Å². The molecule has 0 unspecified atom stereocenters. The first-order chi connectivity index (χ1) is 13.5. The molecule has 28 heavy (non-hydrogen) atoms. The van der Waals surface area contributed by atoms with E-state index in [0.29, 0.717) is 37.7 Å². The molecule has 0 saturated carbocycles. The Bertz CT molecular complexity index is 873. The van der Waals surface area contributed by atoms with Crippen molar-refractivity contribution in [1.29, 1.82) is 0 Å². The number of aromatic nitrogens is 2. The number of aryl methyl sites for hydroxylation is 1. The minimum atomic E-state index is -0.0811. The zero-order valence-electron chi connectivity index (χ0n) is 16.7. The fourth-order valence-corrected chi connectivity index (χ4v) is 4.10. The van der Waals surface area contributed by atoms with Crippen LogP contribution >= 0.6 is 0 Å². The molecule has 1 N–H and O–H groups in total. The molecule has 1 aromatic carbocycles. The van der Waals surface area contributed by atoms with Gasteiger partial charge in [0.1, 0.15) is 5.75 Å². The fourth-order valence-electron chi connectivity index (χ4n) is 4.10. The number of amides is 1. The number of piperazine rings is 1. The number of benzene rings is 1. The van der Waals surface area contributed by atoms with Gasteiger partial charge < -0.3 is 14.9 Å². The van der Waals surface area contributed by atoms with Crippen molar-refractivity contribution in [2.75, 3.05) is 31.1 Å². The minimum Gasteiger partial charge on any atom is -0.507 e. The zero-order chi connectivity index (χ0) is 19.7. The number of carbonyl (C=O) groups is 1. The fraction of sp³-hybridized carbons (Fsp3) is 0.500. The molecule has 2 heterocycles. The zero-order valence-corrected chi connectivity index (χ0v) is 16.7. The van der Waals surface area contributed by atoms with Gasteiger partial charge in [-0.3, -0.25) is 4.79 Å². The van der Waals surface area contributed by atoms with E-state index in [2.05, 4.69) is 28.7 Å². The molecule has 0 bridgehead atoms. The number of carbonyl (C=O) groups excluding carboxylic acids is 1. The number of hydrogen-bond donors (Lipinski definition) is 1. The van der Waals surface area contributed by atoms with Crippen molar-refractivity contribution in [2.45, 2.75) is 45.4 Å². The summed E-state index contributed by atoms with van der Waals surface area (Å²) in [6, 6.07) is 5.76. The summed E-state index contributed by atoms with van der Waals surface area (Å²) in [5.74, 6) is 1.20. The van der Waals surface area contributed by atoms with Crippen LogP contribution < -0.4 is 4.90 Å². The molecule has 0 radical (unpaired) electrons. The first-order valence-corrected chi connectivity index (χ1v) is 10.3. The molecule has 4 rings (SSSR count). The number of anilines is 1. The SMILES string of the molecule is CC(C)c1ccnc(N2CCN(C(=O)c3ccc4c(c3O)CCCC4)CC2)n1.